The maximum atomic E-state index is 13.7. The van der Waals surface area contributed by atoms with Gasteiger partial charge in [-0.2, -0.15) is 0 Å². The van der Waals surface area contributed by atoms with Crippen LogP contribution in [0.2, 0.25) is 10.0 Å². The van der Waals surface area contributed by atoms with Crippen molar-refractivity contribution in [2.45, 2.75) is 25.3 Å². The van der Waals surface area contributed by atoms with Crippen molar-refractivity contribution in [1.29, 1.82) is 0 Å². The third-order valence-corrected chi connectivity index (χ3v) is 6.61. The maximum absolute atomic E-state index is 13.7. The zero-order valence-electron chi connectivity index (χ0n) is 18.4. The molecular formula is C25H25Cl2FN4O2. The standard InChI is InChI=1S/C25H25Cl2FN4O2/c26-20-5-6-21(28)24(27)19(20)8-10-34-22-12-17(13-31-25(22)30)16-3-1-15(2-4-16)11-23(33)32-9-7-18(29)14-32/h1-6,12-13,18H,7-11,14,29H2,(H2,30,31). The largest absolute Gasteiger partial charge is 0.489 e. The van der Waals surface area contributed by atoms with Crippen LogP contribution in [0.15, 0.2) is 48.7 Å². The number of anilines is 1. The van der Waals surface area contributed by atoms with E-state index in [-0.39, 0.29) is 29.4 Å². The van der Waals surface area contributed by atoms with Gasteiger partial charge in [0, 0.05) is 42.3 Å². The van der Waals surface area contributed by atoms with E-state index < -0.39 is 5.82 Å². The molecule has 1 saturated heterocycles. The van der Waals surface area contributed by atoms with Gasteiger partial charge in [0.05, 0.1) is 18.1 Å². The lowest BCUT2D eigenvalue weighted by atomic mass is 10.0. The van der Waals surface area contributed by atoms with Crippen molar-refractivity contribution >= 4 is 34.9 Å². The van der Waals surface area contributed by atoms with Crippen LogP contribution in [0.4, 0.5) is 10.2 Å². The third-order valence-electron chi connectivity index (χ3n) is 5.85. The summed E-state index contributed by atoms with van der Waals surface area (Å²) in [4.78, 5) is 18.5. The number of ether oxygens (including phenoxy) is 1. The number of halogens is 3. The van der Waals surface area contributed by atoms with Crippen molar-refractivity contribution in [3.63, 3.8) is 0 Å². The van der Waals surface area contributed by atoms with Crippen molar-refractivity contribution < 1.29 is 13.9 Å². The van der Waals surface area contributed by atoms with Gasteiger partial charge in [-0.05, 0) is 41.3 Å². The maximum Gasteiger partial charge on any atom is 0.227 e. The van der Waals surface area contributed by atoms with E-state index in [9.17, 15) is 9.18 Å². The fourth-order valence-corrected chi connectivity index (χ4v) is 4.46. The van der Waals surface area contributed by atoms with Crippen molar-refractivity contribution in [2.75, 3.05) is 25.4 Å². The number of nitrogens with two attached hydrogens (primary N) is 2. The highest BCUT2D eigenvalue weighted by Gasteiger charge is 2.23. The van der Waals surface area contributed by atoms with Crippen molar-refractivity contribution in [3.05, 3.63) is 75.7 Å². The summed E-state index contributed by atoms with van der Waals surface area (Å²) in [6.07, 6.45) is 3.16. The van der Waals surface area contributed by atoms with Crippen LogP contribution in [0.5, 0.6) is 5.75 Å². The van der Waals surface area contributed by atoms with E-state index in [0.717, 1.165) is 29.7 Å². The fourth-order valence-electron chi connectivity index (χ4n) is 3.91. The molecule has 1 fully saturated rings. The van der Waals surface area contributed by atoms with Gasteiger partial charge in [-0.15, -0.1) is 0 Å². The summed E-state index contributed by atoms with van der Waals surface area (Å²) in [5, 5.41) is 0.364. The lowest BCUT2D eigenvalue weighted by Crippen LogP contribution is -2.32. The molecule has 1 aromatic heterocycles. The van der Waals surface area contributed by atoms with Gasteiger partial charge in [0.15, 0.2) is 11.6 Å². The predicted molar refractivity (Wildman–Crippen MR) is 133 cm³/mol. The van der Waals surface area contributed by atoms with Gasteiger partial charge in [0.1, 0.15) is 5.82 Å². The number of amides is 1. The SMILES string of the molecule is Nc1ncc(-c2ccc(CC(=O)N3CCC(N)C3)cc2)cc1OCCc1c(Cl)ccc(F)c1Cl. The highest BCUT2D eigenvalue weighted by atomic mass is 35.5. The predicted octanol–water partition coefficient (Wildman–Crippen LogP) is 4.50. The van der Waals surface area contributed by atoms with E-state index in [4.69, 9.17) is 39.4 Å². The molecule has 34 heavy (non-hydrogen) atoms. The number of carbonyl (C=O) groups is 1. The van der Waals surface area contributed by atoms with E-state index in [1.807, 2.05) is 29.2 Å². The van der Waals surface area contributed by atoms with Crippen LogP contribution in [-0.4, -0.2) is 41.5 Å². The van der Waals surface area contributed by atoms with Crippen LogP contribution in [0.25, 0.3) is 11.1 Å². The van der Waals surface area contributed by atoms with Gasteiger partial charge in [-0.1, -0.05) is 47.5 Å². The van der Waals surface area contributed by atoms with E-state index >= 15 is 0 Å². The second kappa shape index (κ2) is 10.6. The molecule has 3 aromatic rings. The van der Waals surface area contributed by atoms with Crippen LogP contribution >= 0.6 is 23.2 Å². The normalized spacial score (nSPS) is 15.5. The number of hydrogen-bond acceptors (Lipinski definition) is 5. The molecule has 4 rings (SSSR count). The molecule has 2 heterocycles. The summed E-state index contributed by atoms with van der Waals surface area (Å²) in [5.74, 6) is 0.208. The fraction of sp³-hybridized carbons (Fsp3) is 0.280. The summed E-state index contributed by atoms with van der Waals surface area (Å²) < 4.78 is 19.5. The zero-order chi connectivity index (χ0) is 24.2. The van der Waals surface area contributed by atoms with Crippen molar-refractivity contribution in [1.82, 2.24) is 9.88 Å². The second-order valence-electron chi connectivity index (χ2n) is 8.29. The first-order chi connectivity index (χ1) is 16.3. The number of benzene rings is 2. The van der Waals surface area contributed by atoms with Gasteiger partial charge in [0.2, 0.25) is 5.91 Å². The van der Waals surface area contributed by atoms with E-state index in [1.165, 1.54) is 12.1 Å². The number of rotatable bonds is 7. The third kappa shape index (κ3) is 5.60. The first-order valence-corrected chi connectivity index (χ1v) is 11.7. The van der Waals surface area contributed by atoms with Gasteiger partial charge in [0.25, 0.3) is 0 Å². The van der Waals surface area contributed by atoms with Gasteiger partial charge in [-0.3, -0.25) is 4.79 Å². The number of nitrogens with zero attached hydrogens (tertiary/aromatic N) is 2. The number of nitrogen functional groups attached to an aromatic ring is 1. The van der Waals surface area contributed by atoms with Gasteiger partial charge in [-0.25, -0.2) is 9.37 Å². The first kappa shape index (κ1) is 24.3. The van der Waals surface area contributed by atoms with E-state index in [1.54, 1.807) is 12.3 Å². The van der Waals surface area contributed by atoms with E-state index in [2.05, 4.69) is 4.98 Å². The topological polar surface area (TPSA) is 94.5 Å². The highest BCUT2D eigenvalue weighted by molar-refractivity contribution is 6.36. The summed E-state index contributed by atoms with van der Waals surface area (Å²) in [6.45, 7) is 1.53. The Labute approximate surface area is 207 Å². The molecule has 0 radical (unpaired) electrons. The van der Waals surface area contributed by atoms with Crippen LogP contribution in [0.1, 0.15) is 17.5 Å². The molecule has 1 atom stereocenters. The smallest absolute Gasteiger partial charge is 0.227 e. The number of likely N-dealkylation sites (tertiary alicyclic amines) is 1. The Morgan fingerprint density at radius 1 is 1.18 bits per heavy atom. The molecule has 9 heteroatoms. The lowest BCUT2D eigenvalue weighted by Gasteiger charge is -2.16. The number of hydrogen-bond donors (Lipinski definition) is 2. The molecule has 4 N–H and O–H groups in total. The summed E-state index contributed by atoms with van der Waals surface area (Å²) >= 11 is 12.2. The lowest BCUT2D eigenvalue weighted by molar-refractivity contribution is -0.129. The number of aromatic nitrogens is 1. The van der Waals surface area contributed by atoms with Crippen LogP contribution in [0, 0.1) is 5.82 Å². The molecule has 0 spiro atoms. The molecule has 2 aromatic carbocycles. The Balaban J connectivity index is 1.40. The Hall–Kier alpha value is -2.87. The molecule has 1 amide bonds. The minimum absolute atomic E-state index is 0.0119. The summed E-state index contributed by atoms with van der Waals surface area (Å²) in [6, 6.07) is 12.3. The first-order valence-electron chi connectivity index (χ1n) is 10.9. The average Bonchev–Trinajstić information content (AvgIpc) is 3.27. The molecular weight excluding hydrogens is 478 g/mol. The van der Waals surface area contributed by atoms with E-state index in [0.29, 0.717) is 35.7 Å². The highest BCUT2D eigenvalue weighted by Crippen LogP contribution is 2.30. The molecule has 1 aliphatic heterocycles. The van der Waals surface area contributed by atoms with Crippen LogP contribution in [0.3, 0.4) is 0 Å². The Morgan fingerprint density at radius 2 is 1.94 bits per heavy atom. The second-order valence-corrected chi connectivity index (χ2v) is 9.07. The average molecular weight is 503 g/mol. The van der Waals surface area contributed by atoms with Crippen LogP contribution in [-0.2, 0) is 17.6 Å². The Morgan fingerprint density at radius 3 is 2.65 bits per heavy atom. The minimum Gasteiger partial charge on any atom is -0.489 e. The molecule has 6 nitrogen and oxygen atoms in total. The molecule has 178 valence electrons. The van der Waals surface area contributed by atoms with Gasteiger partial charge < -0.3 is 21.1 Å². The monoisotopic (exact) mass is 502 g/mol. The quantitative estimate of drug-likeness (QED) is 0.463. The Kier molecular flexibility index (Phi) is 7.56. The summed E-state index contributed by atoms with van der Waals surface area (Å²) in [7, 11) is 0. The molecule has 0 saturated carbocycles. The molecule has 1 unspecified atom stereocenters. The summed E-state index contributed by atoms with van der Waals surface area (Å²) in [5.41, 5.74) is 15.0. The molecule has 0 aliphatic carbocycles. The molecule has 1 aliphatic rings. The zero-order valence-corrected chi connectivity index (χ0v) is 20.0. The van der Waals surface area contributed by atoms with Crippen molar-refractivity contribution in [3.8, 4) is 16.9 Å². The number of pyridine rings is 1. The van der Waals surface area contributed by atoms with Crippen molar-refractivity contribution in [2.24, 2.45) is 5.73 Å². The molecule has 0 bridgehead atoms. The van der Waals surface area contributed by atoms with Gasteiger partial charge >= 0.3 is 0 Å². The minimum atomic E-state index is -0.529. The Bertz CT molecular complexity index is 1190. The number of carbonyl (C=O) groups excluding carboxylic acids is 1. The van der Waals surface area contributed by atoms with Crippen LogP contribution < -0.4 is 16.2 Å².